The molecule has 0 aliphatic rings. The highest BCUT2D eigenvalue weighted by Crippen LogP contribution is 2.24. The standard InChI is InChI=1S/C16H16ClF2N5OS/c1-20-15(22-8-12-9-24-4-5-26-16(24)23-12)21-7-10-6-11(17)2-3-13(10)25-14(18)19/h2-6,9,14H,7-8H2,1H3,(H2,20,21,22). The molecule has 0 unspecified atom stereocenters. The van der Waals surface area contributed by atoms with Crippen molar-refractivity contribution >= 4 is 33.9 Å². The van der Waals surface area contributed by atoms with Gasteiger partial charge in [-0.05, 0) is 18.2 Å². The summed E-state index contributed by atoms with van der Waals surface area (Å²) in [4.78, 5) is 9.50. The highest BCUT2D eigenvalue weighted by Gasteiger charge is 2.11. The molecule has 26 heavy (non-hydrogen) atoms. The van der Waals surface area contributed by atoms with E-state index in [-0.39, 0.29) is 12.3 Å². The van der Waals surface area contributed by atoms with Gasteiger partial charge in [0.2, 0.25) is 0 Å². The van der Waals surface area contributed by atoms with Crippen molar-refractivity contribution in [3.63, 3.8) is 0 Å². The van der Waals surface area contributed by atoms with E-state index in [9.17, 15) is 8.78 Å². The molecule has 2 N–H and O–H groups in total. The molecule has 1 aromatic carbocycles. The SMILES string of the molecule is CN=C(NCc1cn2ccsc2n1)NCc1cc(Cl)ccc1OC(F)F. The Hall–Kier alpha value is -2.39. The molecule has 0 aliphatic heterocycles. The minimum absolute atomic E-state index is 0.0710. The van der Waals surface area contributed by atoms with Crippen LogP contribution in [0, 0.1) is 0 Å². The summed E-state index contributed by atoms with van der Waals surface area (Å²) in [5.41, 5.74) is 1.37. The first-order valence-electron chi connectivity index (χ1n) is 7.64. The summed E-state index contributed by atoms with van der Waals surface area (Å²) in [6.07, 6.45) is 3.87. The quantitative estimate of drug-likeness (QED) is 0.492. The lowest BCUT2D eigenvalue weighted by Crippen LogP contribution is -2.36. The molecule has 6 nitrogen and oxygen atoms in total. The summed E-state index contributed by atoms with van der Waals surface area (Å²) in [6, 6.07) is 4.49. The van der Waals surface area contributed by atoms with Gasteiger partial charge < -0.3 is 15.4 Å². The summed E-state index contributed by atoms with van der Waals surface area (Å²) >= 11 is 7.50. The molecule has 0 saturated carbocycles. The highest BCUT2D eigenvalue weighted by molar-refractivity contribution is 7.15. The monoisotopic (exact) mass is 399 g/mol. The number of benzene rings is 1. The first kappa shape index (κ1) is 18.4. The predicted octanol–water partition coefficient (Wildman–Crippen LogP) is 3.52. The molecule has 2 heterocycles. The van der Waals surface area contributed by atoms with Crippen molar-refractivity contribution in [2.24, 2.45) is 4.99 Å². The van der Waals surface area contributed by atoms with Crippen LogP contribution in [0.2, 0.25) is 5.02 Å². The molecule has 2 aromatic heterocycles. The second-order valence-electron chi connectivity index (χ2n) is 5.23. The highest BCUT2D eigenvalue weighted by atomic mass is 35.5. The lowest BCUT2D eigenvalue weighted by molar-refractivity contribution is -0.0504. The van der Waals surface area contributed by atoms with Crippen LogP contribution in [0.4, 0.5) is 8.78 Å². The zero-order chi connectivity index (χ0) is 18.5. The average Bonchev–Trinajstić information content (AvgIpc) is 3.18. The van der Waals surface area contributed by atoms with Crippen LogP contribution in [-0.4, -0.2) is 29.0 Å². The molecular formula is C16H16ClF2N5OS. The largest absolute Gasteiger partial charge is 0.434 e. The second kappa shape index (κ2) is 8.33. The number of fused-ring (bicyclic) bond motifs is 1. The van der Waals surface area contributed by atoms with Crippen molar-refractivity contribution in [3.05, 3.63) is 52.3 Å². The first-order valence-corrected chi connectivity index (χ1v) is 8.89. The molecule has 0 spiro atoms. The second-order valence-corrected chi connectivity index (χ2v) is 6.54. The Labute approximate surface area is 157 Å². The van der Waals surface area contributed by atoms with E-state index < -0.39 is 6.61 Å². The molecule has 0 amide bonds. The summed E-state index contributed by atoms with van der Waals surface area (Å²) in [5, 5.41) is 8.57. The van der Waals surface area contributed by atoms with E-state index in [1.165, 1.54) is 12.1 Å². The molecular weight excluding hydrogens is 384 g/mol. The Morgan fingerprint density at radius 1 is 1.38 bits per heavy atom. The number of nitrogens with one attached hydrogen (secondary N) is 2. The minimum Gasteiger partial charge on any atom is -0.434 e. The van der Waals surface area contributed by atoms with Crippen LogP contribution >= 0.6 is 22.9 Å². The van der Waals surface area contributed by atoms with Gasteiger partial charge >= 0.3 is 6.61 Å². The first-order chi connectivity index (χ1) is 12.5. The van der Waals surface area contributed by atoms with Crippen LogP contribution in [0.15, 0.2) is 41.0 Å². The Bertz CT molecular complexity index is 883. The third-order valence-corrected chi connectivity index (χ3v) is 4.49. The normalized spacial score (nSPS) is 12.0. The maximum atomic E-state index is 12.5. The van der Waals surface area contributed by atoms with Crippen LogP contribution in [0.3, 0.4) is 0 Å². The Balaban J connectivity index is 1.60. The summed E-state index contributed by atoms with van der Waals surface area (Å²) in [7, 11) is 1.62. The van der Waals surface area contributed by atoms with E-state index in [1.54, 1.807) is 24.5 Å². The van der Waals surface area contributed by atoms with Gasteiger partial charge in [0.05, 0.1) is 12.2 Å². The smallest absolute Gasteiger partial charge is 0.387 e. The van der Waals surface area contributed by atoms with Crippen LogP contribution in [0.5, 0.6) is 5.75 Å². The van der Waals surface area contributed by atoms with Crippen molar-refractivity contribution in [3.8, 4) is 5.75 Å². The fourth-order valence-electron chi connectivity index (χ4n) is 2.33. The molecule has 3 aromatic rings. The van der Waals surface area contributed by atoms with E-state index in [0.717, 1.165) is 10.7 Å². The molecule has 10 heteroatoms. The fraction of sp³-hybridized carbons (Fsp3) is 0.250. The topological polar surface area (TPSA) is 63.0 Å². The molecule has 3 rings (SSSR count). The van der Waals surface area contributed by atoms with E-state index in [0.29, 0.717) is 23.1 Å². The maximum absolute atomic E-state index is 12.5. The number of ether oxygens (including phenoxy) is 1. The zero-order valence-corrected chi connectivity index (χ0v) is 15.3. The van der Waals surface area contributed by atoms with Gasteiger partial charge in [0.1, 0.15) is 5.75 Å². The van der Waals surface area contributed by atoms with E-state index in [1.807, 2.05) is 22.2 Å². The van der Waals surface area contributed by atoms with E-state index >= 15 is 0 Å². The predicted molar refractivity (Wildman–Crippen MR) is 98.2 cm³/mol. The van der Waals surface area contributed by atoms with Gasteiger partial charge in [0.15, 0.2) is 10.9 Å². The summed E-state index contributed by atoms with van der Waals surface area (Å²) in [5.74, 6) is 0.575. The number of guanidine groups is 1. The summed E-state index contributed by atoms with van der Waals surface area (Å²) < 4.78 is 31.5. The Kier molecular flexibility index (Phi) is 5.89. The lowest BCUT2D eigenvalue weighted by atomic mass is 10.2. The van der Waals surface area contributed by atoms with Gasteiger partial charge in [-0.25, -0.2) is 4.98 Å². The summed E-state index contributed by atoms with van der Waals surface area (Å²) in [6.45, 7) is -2.20. The van der Waals surface area contributed by atoms with Gasteiger partial charge in [-0.15, -0.1) is 11.3 Å². The zero-order valence-electron chi connectivity index (χ0n) is 13.7. The third kappa shape index (κ3) is 4.61. The lowest BCUT2D eigenvalue weighted by Gasteiger charge is -2.14. The number of hydrogen-bond acceptors (Lipinski definition) is 4. The number of aliphatic imine (C=N–C) groups is 1. The van der Waals surface area contributed by atoms with Crippen molar-refractivity contribution in [1.29, 1.82) is 0 Å². The van der Waals surface area contributed by atoms with Crippen molar-refractivity contribution in [2.45, 2.75) is 19.7 Å². The van der Waals surface area contributed by atoms with Crippen molar-refractivity contribution in [1.82, 2.24) is 20.0 Å². The number of aromatic nitrogens is 2. The Morgan fingerprint density at radius 3 is 2.92 bits per heavy atom. The molecule has 0 bridgehead atoms. The van der Waals surface area contributed by atoms with Crippen molar-refractivity contribution < 1.29 is 13.5 Å². The Morgan fingerprint density at radius 2 is 2.19 bits per heavy atom. The molecule has 0 aliphatic carbocycles. The number of rotatable bonds is 6. The fourth-order valence-corrected chi connectivity index (χ4v) is 3.25. The van der Waals surface area contributed by atoms with Gasteiger partial charge in [-0.3, -0.25) is 9.39 Å². The minimum atomic E-state index is -2.90. The number of halogens is 3. The number of hydrogen-bond donors (Lipinski definition) is 2. The van der Waals surface area contributed by atoms with Gasteiger partial charge in [-0.2, -0.15) is 8.78 Å². The number of nitrogens with zero attached hydrogens (tertiary/aromatic N) is 3. The number of alkyl halides is 2. The van der Waals surface area contributed by atoms with Crippen LogP contribution < -0.4 is 15.4 Å². The third-order valence-electron chi connectivity index (χ3n) is 3.49. The number of imidazole rings is 1. The number of thiazole rings is 1. The van der Waals surface area contributed by atoms with Gasteiger partial charge in [-0.1, -0.05) is 11.6 Å². The molecule has 0 radical (unpaired) electrons. The van der Waals surface area contributed by atoms with Crippen LogP contribution in [0.25, 0.3) is 4.96 Å². The van der Waals surface area contributed by atoms with Gasteiger partial charge in [0, 0.05) is 42.0 Å². The molecule has 0 saturated heterocycles. The molecule has 0 fully saturated rings. The van der Waals surface area contributed by atoms with E-state index in [2.05, 4.69) is 25.3 Å². The van der Waals surface area contributed by atoms with Gasteiger partial charge in [0.25, 0.3) is 0 Å². The van der Waals surface area contributed by atoms with E-state index in [4.69, 9.17) is 11.6 Å². The van der Waals surface area contributed by atoms with Crippen molar-refractivity contribution in [2.75, 3.05) is 7.05 Å². The average molecular weight is 400 g/mol. The maximum Gasteiger partial charge on any atom is 0.387 e. The van der Waals surface area contributed by atoms with Crippen LogP contribution in [0.1, 0.15) is 11.3 Å². The molecule has 138 valence electrons. The van der Waals surface area contributed by atoms with Crippen LogP contribution in [-0.2, 0) is 13.1 Å². The molecule has 0 atom stereocenters.